The molecular formula is C18H31N3O5. The minimum Gasteiger partial charge on any atom is -0.480 e. The lowest BCUT2D eigenvalue weighted by Gasteiger charge is -2.39. The van der Waals surface area contributed by atoms with Crippen LogP contribution in [0.1, 0.15) is 58.3 Å². The van der Waals surface area contributed by atoms with Crippen LogP contribution in [0.3, 0.4) is 0 Å². The van der Waals surface area contributed by atoms with Crippen molar-refractivity contribution in [1.29, 1.82) is 0 Å². The van der Waals surface area contributed by atoms with E-state index >= 15 is 0 Å². The monoisotopic (exact) mass is 369 g/mol. The number of hydrogen-bond donors (Lipinski definition) is 3. The largest absolute Gasteiger partial charge is 0.480 e. The number of nitrogens with one attached hydrogen (secondary N) is 2. The molecule has 0 spiro atoms. The maximum absolute atomic E-state index is 13.0. The van der Waals surface area contributed by atoms with Crippen LogP contribution in [0, 0.1) is 0 Å². The molecule has 1 aliphatic heterocycles. The highest BCUT2D eigenvalue weighted by molar-refractivity contribution is 5.93. The van der Waals surface area contributed by atoms with Gasteiger partial charge in [0, 0.05) is 13.1 Å². The van der Waals surface area contributed by atoms with Crippen molar-refractivity contribution in [1.82, 2.24) is 15.5 Å². The molecule has 0 unspecified atom stereocenters. The Morgan fingerprint density at radius 2 is 1.81 bits per heavy atom. The first-order valence-corrected chi connectivity index (χ1v) is 9.67. The second kappa shape index (κ2) is 9.75. The van der Waals surface area contributed by atoms with Gasteiger partial charge < -0.3 is 25.4 Å². The topological polar surface area (TPSA) is 108 Å². The third kappa shape index (κ3) is 5.33. The van der Waals surface area contributed by atoms with Gasteiger partial charge in [-0.3, -0.25) is 4.79 Å². The van der Waals surface area contributed by atoms with Crippen LogP contribution in [0.25, 0.3) is 0 Å². The van der Waals surface area contributed by atoms with Crippen molar-refractivity contribution in [2.45, 2.75) is 69.9 Å². The van der Waals surface area contributed by atoms with Gasteiger partial charge in [0.05, 0.1) is 13.2 Å². The van der Waals surface area contributed by atoms with Crippen LogP contribution < -0.4 is 10.6 Å². The molecule has 26 heavy (non-hydrogen) atoms. The summed E-state index contributed by atoms with van der Waals surface area (Å²) in [7, 11) is 0. The van der Waals surface area contributed by atoms with Gasteiger partial charge in [0.15, 0.2) is 0 Å². The summed E-state index contributed by atoms with van der Waals surface area (Å²) in [5, 5.41) is 15.0. The second-order valence-electron chi connectivity index (χ2n) is 7.18. The van der Waals surface area contributed by atoms with E-state index in [9.17, 15) is 19.5 Å². The van der Waals surface area contributed by atoms with Crippen LogP contribution in [0.2, 0.25) is 0 Å². The van der Waals surface area contributed by atoms with E-state index in [0.717, 1.165) is 32.1 Å². The zero-order valence-electron chi connectivity index (χ0n) is 15.6. The zero-order valence-corrected chi connectivity index (χ0v) is 15.6. The number of carboxylic acid groups (broad SMARTS) is 1. The third-order valence-corrected chi connectivity index (χ3v) is 5.24. The van der Waals surface area contributed by atoms with Gasteiger partial charge in [0.25, 0.3) is 0 Å². The molecule has 0 radical (unpaired) electrons. The Balaban J connectivity index is 2.07. The van der Waals surface area contributed by atoms with E-state index in [1.807, 2.05) is 6.92 Å². The molecule has 0 aromatic heterocycles. The summed E-state index contributed by atoms with van der Waals surface area (Å²) in [5.41, 5.74) is -1.02. The maximum Gasteiger partial charge on any atom is 0.326 e. The van der Waals surface area contributed by atoms with Gasteiger partial charge in [-0.1, -0.05) is 39.0 Å². The molecule has 0 aromatic carbocycles. The number of carbonyl (C=O) groups excluding carboxylic acids is 2. The van der Waals surface area contributed by atoms with E-state index < -0.39 is 17.6 Å². The molecule has 1 saturated carbocycles. The molecule has 3 amide bonds. The molecule has 2 fully saturated rings. The van der Waals surface area contributed by atoms with Crippen molar-refractivity contribution in [3.8, 4) is 0 Å². The number of carboxylic acids is 1. The summed E-state index contributed by atoms with van der Waals surface area (Å²) in [5.74, 6) is -1.40. The summed E-state index contributed by atoms with van der Waals surface area (Å²) in [6, 6.07) is -1.19. The van der Waals surface area contributed by atoms with E-state index in [1.54, 1.807) is 4.90 Å². The molecule has 0 bridgehead atoms. The fraction of sp³-hybridized carbons (Fsp3) is 0.833. The van der Waals surface area contributed by atoms with E-state index in [2.05, 4.69) is 10.6 Å². The van der Waals surface area contributed by atoms with E-state index in [-0.39, 0.29) is 11.9 Å². The van der Waals surface area contributed by atoms with Crippen molar-refractivity contribution in [3.05, 3.63) is 0 Å². The quantitative estimate of drug-likeness (QED) is 0.630. The normalized spacial score (nSPS) is 20.9. The molecular weight excluding hydrogens is 338 g/mol. The Labute approximate surface area is 154 Å². The highest BCUT2D eigenvalue weighted by Crippen LogP contribution is 2.29. The molecule has 1 heterocycles. The van der Waals surface area contributed by atoms with E-state index in [4.69, 9.17) is 4.74 Å². The van der Waals surface area contributed by atoms with Gasteiger partial charge in [0.1, 0.15) is 11.6 Å². The number of hydrogen-bond acceptors (Lipinski definition) is 4. The molecule has 8 heteroatoms. The zero-order chi connectivity index (χ0) is 19.0. The number of carbonyl (C=O) groups is 3. The number of unbranched alkanes of at least 4 members (excludes halogenated alkanes) is 1. The van der Waals surface area contributed by atoms with Crippen LogP contribution in [-0.4, -0.2) is 65.8 Å². The summed E-state index contributed by atoms with van der Waals surface area (Å²) in [6.45, 7) is 3.96. The number of ether oxygens (including phenoxy) is 1. The lowest BCUT2D eigenvalue weighted by molar-refractivity contribution is -0.143. The van der Waals surface area contributed by atoms with Gasteiger partial charge in [-0.2, -0.15) is 0 Å². The summed E-state index contributed by atoms with van der Waals surface area (Å²) in [6.07, 6.45) is 5.74. The lowest BCUT2D eigenvalue weighted by atomic mass is 9.80. The lowest BCUT2D eigenvalue weighted by Crippen LogP contribution is -2.64. The number of aliphatic carboxylic acids is 1. The van der Waals surface area contributed by atoms with Crippen LogP contribution in [0.15, 0.2) is 0 Å². The van der Waals surface area contributed by atoms with E-state index in [0.29, 0.717) is 45.6 Å². The fourth-order valence-corrected chi connectivity index (χ4v) is 3.58. The average Bonchev–Trinajstić information content (AvgIpc) is 2.66. The highest BCUT2D eigenvalue weighted by Gasteiger charge is 2.43. The van der Waals surface area contributed by atoms with Crippen molar-refractivity contribution in [2.75, 3.05) is 26.3 Å². The number of urea groups is 1. The molecule has 8 nitrogen and oxygen atoms in total. The molecule has 3 N–H and O–H groups in total. The van der Waals surface area contributed by atoms with Gasteiger partial charge in [-0.25, -0.2) is 9.59 Å². The van der Waals surface area contributed by atoms with E-state index in [1.165, 1.54) is 0 Å². The average molecular weight is 369 g/mol. The minimum atomic E-state index is -1.03. The van der Waals surface area contributed by atoms with Crippen molar-refractivity contribution >= 4 is 17.9 Å². The predicted molar refractivity (Wildman–Crippen MR) is 95.8 cm³/mol. The minimum absolute atomic E-state index is 0.272. The van der Waals surface area contributed by atoms with Gasteiger partial charge in [0.2, 0.25) is 5.91 Å². The summed E-state index contributed by atoms with van der Waals surface area (Å²) >= 11 is 0. The Morgan fingerprint density at radius 3 is 2.38 bits per heavy atom. The number of amides is 3. The molecule has 1 saturated heterocycles. The number of nitrogens with zero attached hydrogens (tertiary/aromatic N) is 1. The Kier molecular flexibility index (Phi) is 7.68. The molecule has 1 aliphatic carbocycles. The Morgan fingerprint density at radius 1 is 1.15 bits per heavy atom. The van der Waals surface area contributed by atoms with Crippen LogP contribution in [0.5, 0.6) is 0 Å². The Hall–Kier alpha value is -1.83. The van der Waals surface area contributed by atoms with Gasteiger partial charge in [-0.05, 0) is 19.3 Å². The second-order valence-corrected chi connectivity index (χ2v) is 7.18. The van der Waals surface area contributed by atoms with Crippen LogP contribution in [-0.2, 0) is 14.3 Å². The standard InChI is InChI=1S/C18H31N3O5/c1-2-3-7-14(15(22)23)19-16(24)18(8-5-4-6-9-18)20-17(25)21-10-12-26-13-11-21/h14H,2-13H2,1H3,(H,19,24)(H,20,25)(H,22,23)/t14-/m0/s1. The molecule has 1 atom stereocenters. The summed E-state index contributed by atoms with van der Waals surface area (Å²) < 4.78 is 5.26. The predicted octanol–water partition coefficient (Wildman–Crippen LogP) is 1.49. The van der Waals surface area contributed by atoms with Gasteiger partial charge in [-0.15, -0.1) is 0 Å². The van der Waals surface area contributed by atoms with Gasteiger partial charge >= 0.3 is 12.0 Å². The molecule has 0 aromatic rings. The fourth-order valence-electron chi connectivity index (χ4n) is 3.58. The first kappa shape index (κ1) is 20.5. The van der Waals surface area contributed by atoms with Crippen LogP contribution in [0.4, 0.5) is 4.79 Å². The summed E-state index contributed by atoms with van der Waals surface area (Å²) in [4.78, 5) is 38.7. The first-order valence-electron chi connectivity index (χ1n) is 9.67. The molecule has 2 aliphatic rings. The van der Waals surface area contributed by atoms with Crippen molar-refractivity contribution in [2.24, 2.45) is 0 Å². The first-order chi connectivity index (χ1) is 12.5. The molecule has 2 rings (SSSR count). The Bertz CT molecular complexity index is 499. The SMILES string of the molecule is CCCC[C@H](NC(=O)C1(NC(=O)N2CCOCC2)CCCCC1)C(=O)O. The van der Waals surface area contributed by atoms with Crippen LogP contribution >= 0.6 is 0 Å². The maximum atomic E-state index is 13.0. The smallest absolute Gasteiger partial charge is 0.326 e. The highest BCUT2D eigenvalue weighted by atomic mass is 16.5. The third-order valence-electron chi connectivity index (χ3n) is 5.24. The van der Waals surface area contributed by atoms with Crippen molar-refractivity contribution < 1.29 is 24.2 Å². The van der Waals surface area contributed by atoms with Crippen molar-refractivity contribution in [3.63, 3.8) is 0 Å². The number of rotatable bonds is 7. The number of morpholine rings is 1. The molecule has 148 valence electrons.